The summed E-state index contributed by atoms with van der Waals surface area (Å²) in [4.78, 5) is 4.36. The van der Waals surface area contributed by atoms with E-state index in [1.54, 1.807) is 0 Å². The van der Waals surface area contributed by atoms with Gasteiger partial charge in [-0.15, -0.1) is 0 Å². The van der Waals surface area contributed by atoms with Crippen molar-refractivity contribution in [3.63, 3.8) is 0 Å². The van der Waals surface area contributed by atoms with Gasteiger partial charge in [0.05, 0.1) is 6.04 Å². The molecule has 0 aliphatic rings. The van der Waals surface area contributed by atoms with Gasteiger partial charge in [-0.3, -0.25) is 10.8 Å². The molecule has 106 valence electrons. The predicted octanol–water partition coefficient (Wildman–Crippen LogP) is 3.40. The number of nitrogens with zero attached hydrogens (tertiary/aromatic N) is 1. The van der Waals surface area contributed by atoms with E-state index in [9.17, 15) is 0 Å². The first kappa shape index (κ1) is 13.7. The number of rotatable bonds is 3. The fourth-order valence-electron chi connectivity index (χ4n) is 2.79. The van der Waals surface area contributed by atoms with Gasteiger partial charge < -0.3 is 0 Å². The lowest BCUT2D eigenvalue weighted by molar-refractivity contribution is 0.635. The second-order valence-corrected chi connectivity index (χ2v) is 5.41. The Morgan fingerprint density at radius 1 is 1.00 bits per heavy atom. The van der Waals surface area contributed by atoms with Gasteiger partial charge in [-0.25, -0.2) is 5.43 Å². The minimum Gasteiger partial charge on any atom is -0.271 e. The largest absolute Gasteiger partial charge is 0.271 e. The van der Waals surface area contributed by atoms with Crippen LogP contribution in [-0.2, 0) is 0 Å². The molecule has 0 saturated carbocycles. The van der Waals surface area contributed by atoms with Crippen LogP contribution in [0.15, 0.2) is 54.9 Å². The van der Waals surface area contributed by atoms with E-state index in [1.807, 2.05) is 24.5 Å². The molecule has 1 atom stereocenters. The third kappa shape index (κ3) is 2.53. The highest BCUT2D eigenvalue weighted by Crippen LogP contribution is 2.29. The molecule has 3 heteroatoms. The number of pyridine rings is 1. The molecular formula is C18H19N3. The van der Waals surface area contributed by atoms with Crippen LogP contribution >= 0.6 is 0 Å². The van der Waals surface area contributed by atoms with Crippen LogP contribution in [0.1, 0.15) is 28.3 Å². The van der Waals surface area contributed by atoms with Crippen molar-refractivity contribution < 1.29 is 0 Å². The highest BCUT2D eigenvalue weighted by Gasteiger charge is 2.17. The maximum Gasteiger partial charge on any atom is 0.0733 e. The second-order valence-electron chi connectivity index (χ2n) is 5.41. The van der Waals surface area contributed by atoms with Gasteiger partial charge in [0, 0.05) is 23.3 Å². The molecule has 2 aromatic carbocycles. The van der Waals surface area contributed by atoms with E-state index in [2.05, 4.69) is 54.6 Å². The van der Waals surface area contributed by atoms with Crippen LogP contribution in [0.2, 0.25) is 0 Å². The summed E-state index contributed by atoms with van der Waals surface area (Å²) in [5.74, 6) is 5.87. The Hall–Kier alpha value is -2.23. The Kier molecular flexibility index (Phi) is 3.69. The van der Waals surface area contributed by atoms with E-state index in [4.69, 9.17) is 5.84 Å². The average Bonchev–Trinajstić information content (AvgIpc) is 2.51. The normalized spacial score (nSPS) is 12.5. The van der Waals surface area contributed by atoms with Crippen LogP contribution in [0.4, 0.5) is 0 Å². The van der Waals surface area contributed by atoms with E-state index < -0.39 is 0 Å². The summed E-state index contributed by atoms with van der Waals surface area (Å²) in [5, 5.41) is 2.30. The van der Waals surface area contributed by atoms with Crippen molar-refractivity contribution in [3.05, 3.63) is 77.1 Å². The van der Waals surface area contributed by atoms with Gasteiger partial charge in [-0.05, 0) is 30.4 Å². The van der Waals surface area contributed by atoms with Crippen molar-refractivity contribution in [1.82, 2.24) is 10.4 Å². The van der Waals surface area contributed by atoms with Crippen molar-refractivity contribution in [1.29, 1.82) is 0 Å². The standard InChI is InChI=1S/C18H19N3/c1-12-7-8-13(2)16(9-12)18(21-19)17-11-20-10-14-5-3-4-6-15(14)17/h3-11,18,21H,19H2,1-2H3. The maximum atomic E-state index is 5.87. The number of aryl methyl sites for hydroxylation is 2. The molecule has 3 nitrogen and oxygen atoms in total. The Morgan fingerprint density at radius 3 is 2.62 bits per heavy atom. The van der Waals surface area contributed by atoms with Gasteiger partial charge in [0.2, 0.25) is 0 Å². The lowest BCUT2D eigenvalue weighted by Gasteiger charge is -2.21. The summed E-state index contributed by atoms with van der Waals surface area (Å²) in [6, 6.07) is 14.6. The Labute approximate surface area is 124 Å². The van der Waals surface area contributed by atoms with Crippen molar-refractivity contribution in [2.45, 2.75) is 19.9 Å². The molecule has 0 bridgehead atoms. The fourth-order valence-corrected chi connectivity index (χ4v) is 2.79. The number of benzene rings is 2. The first-order chi connectivity index (χ1) is 10.2. The monoisotopic (exact) mass is 277 g/mol. The molecule has 1 heterocycles. The number of hydrogen-bond acceptors (Lipinski definition) is 3. The Morgan fingerprint density at radius 2 is 1.81 bits per heavy atom. The summed E-state index contributed by atoms with van der Waals surface area (Å²) in [6.45, 7) is 4.20. The van der Waals surface area contributed by atoms with Crippen LogP contribution in [0.5, 0.6) is 0 Å². The quantitative estimate of drug-likeness (QED) is 0.570. The number of hydrogen-bond donors (Lipinski definition) is 2. The minimum atomic E-state index is -0.0662. The number of nitrogens with two attached hydrogens (primary N) is 1. The van der Waals surface area contributed by atoms with Gasteiger partial charge in [-0.1, -0.05) is 48.0 Å². The molecule has 0 aliphatic carbocycles. The van der Waals surface area contributed by atoms with Gasteiger partial charge in [0.15, 0.2) is 0 Å². The zero-order chi connectivity index (χ0) is 14.8. The molecule has 1 aromatic heterocycles. The van der Waals surface area contributed by atoms with Crippen LogP contribution in [0.3, 0.4) is 0 Å². The zero-order valence-electron chi connectivity index (χ0n) is 12.3. The first-order valence-corrected chi connectivity index (χ1v) is 7.06. The maximum absolute atomic E-state index is 5.87. The van der Waals surface area contributed by atoms with E-state index in [0.717, 1.165) is 10.9 Å². The molecule has 3 aromatic rings. The lowest BCUT2D eigenvalue weighted by atomic mass is 9.92. The topological polar surface area (TPSA) is 50.9 Å². The van der Waals surface area contributed by atoms with Gasteiger partial charge in [0.1, 0.15) is 0 Å². The van der Waals surface area contributed by atoms with Crippen LogP contribution in [-0.4, -0.2) is 4.98 Å². The summed E-state index contributed by atoms with van der Waals surface area (Å²) < 4.78 is 0. The third-order valence-electron chi connectivity index (χ3n) is 3.92. The highest BCUT2D eigenvalue weighted by atomic mass is 15.2. The zero-order valence-corrected chi connectivity index (χ0v) is 12.3. The van der Waals surface area contributed by atoms with Gasteiger partial charge in [-0.2, -0.15) is 0 Å². The van der Waals surface area contributed by atoms with Crippen molar-refractivity contribution in [2.24, 2.45) is 5.84 Å². The Balaban J connectivity index is 2.21. The van der Waals surface area contributed by atoms with Crippen LogP contribution < -0.4 is 11.3 Å². The van der Waals surface area contributed by atoms with Gasteiger partial charge in [0.25, 0.3) is 0 Å². The highest BCUT2D eigenvalue weighted by molar-refractivity contribution is 5.85. The molecule has 1 unspecified atom stereocenters. The molecule has 0 spiro atoms. The average molecular weight is 277 g/mol. The molecule has 0 saturated heterocycles. The third-order valence-corrected chi connectivity index (χ3v) is 3.92. The van der Waals surface area contributed by atoms with E-state index >= 15 is 0 Å². The molecule has 0 amide bonds. The lowest BCUT2D eigenvalue weighted by Crippen LogP contribution is -2.29. The first-order valence-electron chi connectivity index (χ1n) is 7.06. The minimum absolute atomic E-state index is 0.0662. The second kappa shape index (κ2) is 5.64. The summed E-state index contributed by atoms with van der Waals surface area (Å²) in [6.07, 6.45) is 3.78. The molecule has 0 radical (unpaired) electrons. The molecular weight excluding hydrogens is 258 g/mol. The summed E-state index contributed by atoms with van der Waals surface area (Å²) in [7, 11) is 0. The number of aromatic nitrogens is 1. The van der Waals surface area contributed by atoms with Crippen LogP contribution in [0.25, 0.3) is 10.8 Å². The number of fused-ring (bicyclic) bond motifs is 1. The molecule has 0 fully saturated rings. The SMILES string of the molecule is Cc1ccc(C)c(C(NN)c2cncc3ccccc23)c1. The van der Waals surface area contributed by atoms with E-state index in [0.29, 0.717) is 0 Å². The van der Waals surface area contributed by atoms with Crippen molar-refractivity contribution >= 4 is 10.8 Å². The van der Waals surface area contributed by atoms with E-state index in [1.165, 1.54) is 22.1 Å². The smallest absolute Gasteiger partial charge is 0.0733 e. The summed E-state index contributed by atoms with van der Waals surface area (Å²) in [5.41, 5.74) is 7.69. The number of nitrogens with one attached hydrogen (secondary N) is 1. The number of hydrazine groups is 1. The van der Waals surface area contributed by atoms with Crippen molar-refractivity contribution in [3.8, 4) is 0 Å². The van der Waals surface area contributed by atoms with Crippen molar-refractivity contribution in [2.75, 3.05) is 0 Å². The van der Waals surface area contributed by atoms with Crippen LogP contribution in [0, 0.1) is 13.8 Å². The van der Waals surface area contributed by atoms with Gasteiger partial charge >= 0.3 is 0 Å². The fraction of sp³-hybridized carbons (Fsp3) is 0.167. The predicted molar refractivity (Wildman–Crippen MR) is 86.8 cm³/mol. The summed E-state index contributed by atoms with van der Waals surface area (Å²) >= 11 is 0. The Bertz CT molecular complexity index is 775. The molecule has 3 rings (SSSR count). The molecule has 0 aliphatic heterocycles. The van der Waals surface area contributed by atoms with E-state index in [-0.39, 0.29) is 6.04 Å². The molecule has 3 N–H and O–H groups in total. The molecule has 21 heavy (non-hydrogen) atoms.